The summed E-state index contributed by atoms with van der Waals surface area (Å²) in [6, 6.07) is 10.6. The topological polar surface area (TPSA) is 70.2 Å². The fourth-order valence-corrected chi connectivity index (χ4v) is 2.96. The molecule has 24 heavy (non-hydrogen) atoms. The molecule has 0 aromatic heterocycles. The molecule has 0 bridgehead atoms. The van der Waals surface area contributed by atoms with E-state index in [-0.39, 0.29) is 18.0 Å². The van der Waals surface area contributed by atoms with Crippen LogP contribution in [0.3, 0.4) is 0 Å². The summed E-state index contributed by atoms with van der Waals surface area (Å²) < 4.78 is 0. The molecule has 1 aliphatic heterocycles. The molecule has 0 spiro atoms. The van der Waals surface area contributed by atoms with Crippen LogP contribution in [0.4, 0.5) is 16.2 Å². The van der Waals surface area contributed by atoms with Crippen molar-refractivity contribution in [2.75, 3.05) is 10.6 Å². The molecule has 0 saturated carbocycles. The van der Waals surface area contributed by atoms with Crippen molar-refractivity contribution in [3.05, 3.63) is 58.1 Å². The molecular formula is C18H18ClN3O2. The van der Waals surface area contributed by atoms with Crippen LogP contribution in [0.2, 0.25) is 5.02 Å². The second kappa shape index (κ2) is 6.53. The minimum absolute atomic E-state index is 0.00508. The van der Waals surface area contributed by atoms with E-state index in [9.17, 15) is 9.59 Å². The van der Waals surface area contributed by atoms with E-state index in [0.717, 1.165) is 22.4 Å². The van der Waals surface area contributed by atoms with Crippen molar-refractivity contribution in [3.8, 4) is 0 Å². The van der Waals surface area contributed by atoms with Gasteiger partial charge in [0.15, 0.2) is 0 Å². The number of benzene rings is 2. The first-order chi connectivity index (χ1) is 11.4. The number of hydrogen-bond donors (Lipinski definition) is 3. The summed E-state index contributed by atoms with van der Waals surface area (Å²) in [6.45, 7) is 3.83. The summed E-state index contributed by atoms with van der Waals surface area (Å²) in [5.41, 5.74) is 4.33. The highest BCUT2D eigenvalue weighted by Gasteiger charge is 2.19. The normalized spacial score (nSPS) is 13.9. The molecule has 0 aliphatic carbocycles. The first-order valence-electron chi connectivity index (χ1n) is 7.69. The van der Waals surface area contributed by atoms with E-state index in [1.165, 1.54) is 0 Å². The summed E-state index contributed by atoms with van der Waals surface area (Å²) in [5, 5.41) is 8.92. The first kappa shape index (κ1) is 16.3. The zero-order valence-electron chi connectivity index (χ0n) is 13.4. The predicted octanol–water partition coefficient (Wildman–Crippen LogP) is 4.03. The van der Waals surface area contributed by atoms with Crippen LogP contribution in [-0.4, -0.2) is 11.9 Å². The van der Waals surface area contributed by atoms with Crippen LogP contribution in [0, 0.1) is 6.92 Å². The molecule has 1 heterocycles. The maximum absolute atomic E-state index is 12.2. The van der Waals surface area contributed by atoms with Gasteiger partial charge in [-0.2, -0.15) is 0 Å². The van der Waals surface area contributed by atoms with Crippen molar-refractivity contribution in [1.82, 2.24) is 5.32 Å². The summed E-state index contributed by atoms with van der Waals surface area (Å²) in [7, 11) is 0. The standard InChI is InChI=1S/C18H18ClN3O2/c1-10-3-5-16(14(19)7-10)22-18(24)20-11(2)12-4-6-15-13(8-12)9-17(23)21-15/h3-8,11H,9H2,1-2H3,(H,21,23)(H2,20,22,24)/t11-/m0/s1. The third-order valence-electron chi connectivity index (χ3n) is 3.97. The number of fused-ring (bicyclic) bond motifs is 1. The molecule has 5 nitrogen and oxygen atoms in total. The van der Waals surface area contributed by atoms with Crippen molar-refractivity contribution < 1.29 is 9.59 Å². The van der Waals surface area contributed by atoms with Crippen molar-refractivity contribution in [2.45, 2.75) is 26.3 Å². The van der Waals surface area contributed by atoms with Gasteiger partial charge in [-0.25, -0.2) is 4.79 Å². The van der Waals surface area contributed by atoms with Crippen LogP contribution < -0.4 is 16.0 Å². The summed E-state index contributed by atoms with van der Waals surface area (Å²) in [4.78, 5) is 23.6. The Hall–Kier alpha value is -2.53. The van der Waals surface area contributed by atoms with Crippen LogP contribution in [0.15, 0.2) is 36.4 Å². The van der Waals surface area contributed by atoms with Gasteiger partial charge >= 0.3 is 6.03 Å². The van der Waals surface area contributed by atoms with E-state index in [0.29, 0.717) is 17.1 Å². The van der Waals surface area contributed by atoms with E-state index < -0.39 is 0 Å². The number of amides is 3. The molecule has 0 unspecified atom stereocenters. The highest BCUT2D eigenvalue weighted by molar-refractivity contribution is 6.33. The molecule has 0 fully saturated rings. The van der Waals surface area contributed by atoms with E-state index >= 15 is 0 Å². The van der Waals surface area contributed by atoms with Gasteiger partial charge in [-0.15, -0.1) is 0 Å². The van der Waals surface area contributed by atoms with Crippen LogP contribution in [0.5, 0.6) is 0 Å². The van der Waals surface area contributed by atoms with Gasteiger partial charge in [-0.1, -0.05) is 29.8 Å². The van der Waals surface area contributed by atoms with E-state index in [2.05, 4.69) is 16.0 Å². The Morgan fingerprint density at radius 1 is 1.25 bits per heavy atom. The van der Waals surface area contributed by atoms with Gasteiger partial charge in [-0.3, -0.25) is 4.79 Å². The molecule has 0 saturated heterocycles. The van der Waals surface area contributed by atoms with Crippen molar-refractivity contribution >= 4 is 34.9 Å². The molecule has 2 aromatic rings. The fourth-order valence-electron chi connectivity index (χ4n) is 2.68. The Morgan fingerprint density at radius 2 is 2.04 bits per heavy atom. The lowest BCUT2D eigenvalue weighted by atomic mass is 10.0. The lowest BCUT2D eigenvalue weighted by Gasteiger charge is -2.16. The molecule has 0 radical (unpaired) electrons. The second-order valence-corrected chi connectivity index (χ2v) is 6.35. The largest absolute Gasteiger partial charge is 0.331 e. The number of hydrogen-bond acceptors (Lipinski definition) is 2. The number of rotatable bonds is 3. The third-order valence-corrected chi connectivity index (χ3v) is 4.29. The first-order valence-corrected chi connectivity index (χ1v) is 8.06. The van der Waals surface area contributed by atoms with Crippen LogP contribution >= 0.6 is 11.6 Å². The average Bonchev–Trinajstić information content (AvgIpc) is 2.89. The Labute approximate surface area is 145 Å². The number of carbonyl (C=O) groups excluding carboxylic acids is 2. The summed E-state index contributed by atoms with van der Waals surface area (Å²) >= 11 is 6.12. The minimum Gasteiger partial charge on any atom is -0.331 e. The van der Waals surface area contributed by atoms with Crippen LogP contribution in [0.1, 0.15) is 29.7 Å². The number of aryl methyl sites for hydroxylation is 1. The molecule has 2 aromatic carbocycles. The number of carbonyl (C=O) groups is 2. The fraction of sp³-hybridized carbons (Fsp3) is 0.222. The van der Waals surface area contributed by atoms with E-state index in [1.807, 2.05) is 38.1 Å². The van der Waals surface area contributed by atoms with Crippen LogP contribution in [-0.2, 0) is 11.2 Å². The van der Waals surface area contributed by atoms with Gasteiger partial charge in [0.05, 0.1) is 23.2 Å². The molecule has 3 N–H and O–H groups in total. The van der Waals surface area contributed by atoms with Crippen molar-refractivity contribution in [3.63, 3.8) is 0 Å². The molecule has 3 rings (SSSR count). The van der Waals surface area contributed by atoms with E-state index in [4.69, 9.17) is 11.6 Å². The zero-order valence-corrected chi connectivity index (χ0v) is 14.2. The number of nitrogens with one attached hydrogen (secondary N) is 3. The highest BCUT2D eigenvalue weighted by Crippen LogP contribution is 2.27. The maximum Gasteiger partial charge on any atom is 0.319 e. The highest BCUT2D eigenvalue weighted by atomic mass is 35.5. The monoisotopic (exact) mass is 343 g/mol. The van der Waals surface area contributed by atoms with Gasteiger partial charge in [0, 0.05) is 5.69 Å². The van der Waals surface area contributed by atoms with Crippen molar-refractivity contribution in [2.24, 2.45) is 0 Å². The smallest absolute Gasteiger partial charge is 0.319 e. The van der Waals surface area contributed by atoms with Crippen molar-refractivity contribution in [1.29, 1.82) is 0 Å². The predicted molar refractivity (Wildman–Crippen MR) is 95.5 cm³/mol. The maximum atomic E-state index is 12.2. The van der Waals surface area contributed by atoms with Gasteiger partial charge in [0.2, 0.25) is 5.91 Å². The van der Waals surface area contributed by atoms with Gasteiger partial charge in [-0.05, 0) is 48.7 Å². The van der Waals surface area contributed by atoms with Crippen LogP contribution in [0.25, 0.3) is 0 Å². The Kier molecular flexibility index (Phi) is 4.44. The average molecular weight is 344 g/mol. The second-order valence-electron chi connectivity index (χ2n) is 5.94. The van der Waals surface area contributed by atoms with Gasteiger partial charge in [0.25, 0.3) is 0 Å². The number of urea groups is 1. The van der Waals surface area contributed by atoms with E-state index in [1.54, 1.807) is 12.1 Å². The summed E-state index contributed by atoms with van der Waals surface area (Å²) in [6.07, 6.45) is 0.376. The molecule has 6 heteroatoms. The lowest BCUT2D eigenvalue weighted by molar-refractivity contribution is -0.115. The quantitative estimate of drug-likeness (QED) is 0.787. The minimum atomic E-state index is -0.331. The van der Waals surface area contributed by atoms with Gasteiger partial charge < -0.3 is 16.0 Å². The molecule has 1 atom stereocenters. The lowest BCUT2D eigenvalue weighted by Crippen LogP contribution is -2.31. The SMILES string of the molecule is Cc1ccc(NC(=O)N[C@@H](C)c2ccc3c(c2)CC(=O)N3)c(Cl)c1. The molecule has 1 aliphatic rings. The third kappa shape index (κ3) is 3.51. The number of halogens is 1. The molecular weight excluding hydrogens is 326 g/mol. The summed E-state index contributed by atoms with van der Waals surface area (Å²) in [5.74, 6) is -0.00508. The Morgan fingerprint density at radius 3 is 2.79 bits per heavy atom. The number of anilines is 2. The Balaban J connectivity index is 1.66. The Bertz CT molecular complexity index is 820. The molecule has 3 amide bonds. The zero-order chi connectivity index (χ0) is 17.3. The van der Waals surface area contributed by atoms with Gasteiger partial charge in [0.1, 0.15) is 0 Å². The molecule has 124 valence electrons.